The number of likely N-dealkylation sites (tertiary alicyclic amines) is 1. The molecule has 134 valence electrons. The number of ether oxygens (including phenoxy) is 1. The number of hydrogen-bond donors (Lipinski definition) is 0. The number of carbonyl (C=O) groups is 1. The van der Waals surface area contributed by atoms with Crippen molar-refractivity contribution in [3.05, 3.63) is 35.3 Å². The first-order chi connectivity index (χ1) is 12.1. The van der Waals surface area contributed by atoms with E-state index in [1.165, 1.54) is 6.07 Å². The fourth-order valence-electron chi connectivity index (χ4n) is 4.06. The van der Waals surface area contributed by atoms with Gasteiger partial charge in [0.2, 0.25) is 0 Å². The highest BCUT2D eigenvalue weighted by Crippen LogP contribution is 2.30. The number of aryl methyl sites for hydroxylation is 1. The van der Waals surface area contributed by atoms with Crippen molar-refractivity contribution in [2.75, 3.05) is 39.4 Å². The van der Waals surface area contributed by atoms with E-state index in [0.29, 0.717) is 36.0 Å². The van der Waals surface area contributed by atoms with Crippen molar-refractivity contribution in [2.45, 2.75) is 19.9 Å². The lowest BCUT2D eigenvalue weighted by Crippen LogP contribution is -2.47. The third kappa shape index (κ3) is 2.83. The molecule has 2 saturated heterocycles. The molecule has 2 atom stereocenters. The number of hydrogen-bond acceptors (Lipinski definition) is 4. The Hall–Kier alpha value is -1.92. The summed E-state index contributed by atoms with van der Waals surface area (Å²) in [6, 6.07) is 5.12. The Balaban J connectivity index is 1.57. The lowest BCUT2D eigenvalue weighted by molar-refractivity contribution is 0.0119. The van der Waals surface area contributed by atoms with Gasteiger partial charge in [0.05, 0.1) is 13.2 Å². The fourth-order valence-corrected chi connectivity index (χ4v) is 4.06. The van der Waals surface area contributed by atoms with E-state index < -0.39 is 5.82 Å². The summed E-state index contributed by atoms with van der Waals surface area (Å²) in [5.74, 6) is 0.0785. The third-order valence-corrected chi connectivity index (χ3v) is 5.48. The molecule has 0 spiro atoms. The van der Waals surface area contributed by atoms with Gasteiger partial charge in [-0.05, 0) is 18.9 Å². The highest BCUT2D eigenvalue weighted by atomic mass is 19.1. The second-order valence-corrected chi connectivity index (χ2v) is 7.08. The molecule has 1 aromatic heterocycles. The van der Waals surface area contributed by atoms with Gasteiger partial charge in [-0.25, -0.2) is 4.39 Å². The number of halogens is 1. The molecule has 0 saturated carbocycles. The van der Waals surface area contributed by atoms with E-state index in [1.807, 2.05) is 11.8 Å². The minimum Gasteiger partial charge on any atom is -0.448 e. The number of furan rings is 1. The lowest BCUT2D eigenvalue weighted by Gasteiger charge is -2.33. The Morgan fingerprint density at radius 1 is 1.24 bits per heavy atom. The summed E-state index contributed by atoms with van der Waals surface area (Å²) < 4.78 is 25.0. The molecular formula is C19H23FN2O3. The van der Waals surface area contributed by atoms with Crippen molar-refractivity contribution < 1.29 is 18.3 Å². The molecular weight excluding hydrogens is 323 g/mol. The Morgan fingerprint density at radius 3 is 2.72 bits per heavy atom. The maximum Gasteiger partial charge on any atom is 0.289 e. The van der Waals surface area contributed by atoms with E-state index in [0.717, 1.165) is 26.3 Å². The molecule has 2 aromatic rings. The van der Waals surface area contributed by atoms with Crippen molar-refractivity contribution in [3.8, 4) is 0 Å². The SMILES string of the molecule is Cc1c(C(=O)N2C[C@@H](C)[C@H](N3CCOCC3)C2)oc2c(F)cccc12. The summed E-state index contributed by atoms with van der Waals surface area (Å²) in [5.41, 5.74) is 0.877. The molecule has 5 nitrogen and oxygen atoms in total. The van der Waals surface area contributed by atoms with Gasteiger partial charge in [-0.15, -0.1) is 0 Å². The number of para-hydroxylation sites is 1. The van der Waals surface area contributed by atoms with Crippen LogP contribution < -0.4 is 0 Å². The molecule has 2 aliphatic rings. The second kappa shape index (κ2) is 6.42. The van der Waals surface area contributed by atoms with Crippen molar-refractivity contribution in [3.63, 3.8) is 0 Å². The van der Waals surface area contributed by atoms with Crippen LogP contribution in [-0.4, -0.2) is 61.1 Å². The largest absolute Gasteiger partial charge is 0.448 e. The topological polar surface area (TPSA) is 45.9 Å². The Labute approximate surface area is 146 Å². The number of rotatable bonds is 2. The van der Waals surface area contributed by atoms with Crippen LogP contribution in [0.15, 0.2) is 22.6 Å². The average Bonchev–Trinajstić information content (AvgIpc) is 3.17. The molecule has 6 heteroatoms. The molecule has 4 rings (SSSR count). The van der Waals surface area contributed by atoms with Crippen LogP contribution in [0.3, 0.4) is 0 Å². The van der Waals surface area contributed by atoms with Crippen LogP contribution in [0, 0.1) is 18.7 Å². The van der Waals surface area contributed by atoms with Gasteiger partial charge in [0.25, 0.3) is 5.91 Å². The normalized spacial score (nSPS) is 25.0. The summed E-state index contributed by atoms with van der Waals surface area (Å²) in [6.07, 6.45) is 0. The Bertz CT molecular complexity index is 797. The van der Waals surface area contributed by atoms with Crippen molar-refractivity contribution in [1.82, 2.24) is 9.80 Å². The first-order valence-electron chi connectivity index (χ1n) is 8.85. The van der Waals surface area contributed by atoms with E-state index in [2.05, 4.69) is 11.8 Å². The molecule has 3 heterocycles. The monoisotopic (exact) mass is 346 g/mol. The summed E-state index contributed by atoms with van der Waals surface area (Å²) in [4.78, 5) is 17.2. The van der Waals surface area contributed by atoms with E-state index in [-0.39, 0.29) is 17.3 Å². The highest BCUT2D eigenvalue weighted by Gasteiger charge is 2.38. The zero-order valence-electron chi connectivity index (χ0n) is 14.6. The third-order valence-electron chi connectivity index (χ3n) is 5.48. The quantitative estimate of drug-likeness (QED) is 0.839. The molecule has 0 bridgehead atoms. The maximum atomic E-state index is 13.9. The van der Waals surface area contributed by atoms with Gasteiger partial charge in [0.15, 0.2) is 17.2 Å². The fraction of sp³-hybridized carbons (Fsp3) is 0.526. The maximum absolute atomic E-state index is 13.9. The van der Waals surface area contributed by atoms with Gasteiger partial charge in [0, 0.05) is 43.2 Å². The number of fused-ring (bicyclic) bond motifs is 1. The number of benzene rings is 1. The zero-order valence-corrected chi connectivity index (χ0v) is 14.6. The minimum absolute atomic E-state index is 0.143. The van der Waals surface area contributed by atoms with Crippen LogP contribution in [0.2, 0.25) is 0 Å². The number of carbonyl (C=O) groups excluding carboxylic acids is 1. The van der Waals surface area contributed by atoms with E-state index in [1.54, 1.807) is 12.1 Å². The molecule has 0 radical (unpaired) electrons. The molecule has 0 aliphatic carbocycles. The molecule has 2 aliphatic heterocycles. The van der Waals surface area contributed by atoms with E-state index in [9.17, 15) is 9.18 Å². The summed E-state index contributed by atoms with van der Waals surface area (Å²) in [7, 11) is 0. The van der Waals surface area contributed by atoms with Crippen LogP contribution in [0.5, 0.6) is 0 Å². The highest BCUT2D eigenvalue weighted by molar-refractivity contribution is 5.99. The molecule has 1 aromatic carbocycles. The predicted molar refractivity (Wildman–Crippen MR) is 92.2 cm³/mol. The summed E-state index contributed by atoms with van der Waals surface area (Å²) in [5, 5.41) is 0.667. The van der Waals surface area contributed by atoms with Gasteiger partial charge < -0.3 is 14.1 Å². The van der Waals surface area contributed by atoms with Crippen LogP contribution in [0.1, 0.15) is 23.0 Å². The van der Waals surface area contributed by atoms with Crippen LogP contribution in [0.25, 0.3) is 11.0 Å². The van der Waals surface area contributed by atoms with Gasteiger partial charge in [-0.3, -0.25) is 9.69 Å². The van der Waals surface area contributed by atoms with Crippen LogP contribution >= 0.6 is 0 Å². The average molecular weight is 346 g/mol. The molecule has 2 fully saturated rings. The molecule has 25 heavy (non-hydrogen) atoms. The number of nitrogens with zero attached hydrogens (tertiary/aromatic N) is 2. The second-order valence-electron chi connectivity index (χ2n) is 7.08. The summed E-state index contributed by atoms with van der Waals surface area (Å²) in [6.45, 7) is 8.69. The van der Waals surface area contributed by atoms with Crippen molar-refractivity contribution in [1.29, 1.82) is 0 Å². The standard InChI is InChI=1S/C19H23FN2O3/c1-12-10-22(11-16(12)21-6-8-24-9-7-21)19(23)17-13(2)14-4-3-5-15(20)18(14)25-17/h3-5,12,16H,6-11H2,1-2H3/t12-,16-/m1/s1. The zero-order chi connectivity index (χ0) is 17.6. The molecule has 0 N–H and O–H groups in total. The number of morpholine rings is 1. The minimum atomic E-state index is -0.430. The van der Waals surface area contributed by atoms with Gasteiger partial charge in [-0.2, -0.15) is 0 Å². The van der Waals surface area contributed by atoms with E-state index in [4.69, 9.17) is 9.15 Å². The van der Waals surface area contributed by atoms with Gasteiger partial charge >= 0.3 is 0 Å². The molecule has 1 amide bonds. The predicted octanol–water partition coefficient (Wildman–Crippen LogP) is 2.67. The first kappa shape index (κ1) is 16.5. The number of amides is 1. The van der Waals surface area contributed by atoms with Crippen molar-refractivity contribution in [2.24, 2.45) is 5.92 Å². The van der Waals surface area contributed by atoms with E-state index >= 15 is 0 Å². The molecule has 0 unspecified atom stereocenters. The smallest absolute Gasteiger partial charge is 0.289 e. The Kier molecular flexibility index (Phi) is 4.25. The summed E-state index contributed by atoms with van der Waals surface area (Å²) >= 11 is 0. The van der Waals surface area contributed by atoms with Crippen molar-refractivity contribution >= 4 is 16.9 Å². The van der Waals surface area contributed by atoms with Gasteiger partial charge in [0.1, 0.15) is 0 Å². The van der Waals surface area contributed by atoms with Crippen LogP contribution in [0.4, 0.5) is 4.39 Å². The van der Waals surface area contributed by atoms with Gasteiger partial charge in [-0.1, -0.05) is 19.1 Å². The first-order valence-corrected chi connectivity index (χ1v) is 8.85. The van der Waals surface area contributed by atoms with Crippen LogP contribution in [-0.2, 0) is 4.74 Å². The Morgan fingerprint density at radius 2 is 2.00 bits per heavy atom. The lowest BCUT2D eigenvalue weighted by atomic mass is 10.0.